The zero-order valence-corrected chi connectivity index (χ0v) is 12.4. The van der Waals surface area contributed by atoms with Crippen LogP contribution < -0.4 is 5.32 Å². The summed E-state index contributed by atoms with van der Waals surface area (Å²) >= 11 is 0. The molecule has 1 aliphatic rings. The van der Waals surface area contributed by atoms with E-state index in [1.165, 1.54) is 12.1 Å². The molecule has 0 bridgehead atoms. The highest BCUT2D eigenvalue weighted by molar-refractivity contribution is 6.11. The Morgan fingerprint density at radius 2 is 1.57 bits per heavy atom. The fraction of sp³-hybridized carbons (Fsp3) is 0.0556. The van der Waals surface area contributed by atoms with Crippen molar-refractivity contribution in [3.63, 3.8) is 0 Å². The Morgan fingerprint density at radius 3 is 2.09 bits per heavy atom. The van der Waals surface area contributed by atoms with Crippen LogP contribution in [0.5, 0.6) is 0 Å². The first-order valence-corrected chi connectivity index (χ1v) is 7.09. The second kappa shape index (κ2) is 8.29. The highest BCUT2D eigenvalue weighted by Gasteiger charge is 2.19. The van der Waals surface area contributed by atoms with Gasteiger partial charge in [0.2, 0.25) is 0 Å². The van der Waals surface area contributed by atoms with E-state index < -0.39 is 4.92 Å². The van der Waals surface area contributed by atoms with E-state index in [9.17, 15) is 14.9 Å². The summed E-state index contributed by atoms with van der Waals surface area (Å²) in [4.78, 5) is 22.3. The largest absolute Gasteiger partial charge is 0.368 e. The number of hydrogen-bond acceptors (Lipinski definition) is 4. The summed E-state index contributed by atoms with van der Waals surface area (Å²) in [6.07, 6.45) is 9.08. The molecule has 23 heavy (non-hydrogen) atoms. The SMILES string of the molecule is C1=CNC=CC1.O=C(c1ccccc1)c1ccccc1[N+](=O)[O-]. The third-order valence-electron chi connectivity index (χ3n) is 3.08. The summed E-state index contributed by atoms with van der Waals surface area (Å²) in [5.74, 6) is -0.335. The number of dihydropyridines is 1. The van der Waals surface area contributed by atoms with Crippen molar-refractivity contribution in [1.29, 1.82) is 0 Å². The number of nitrogens with one attached hydrogen (secondary N) is 1. The van der Waals surface area contributed by atoms with Crippen molar-refractivity contribution in [1.82, 2.24) is 5.32 Å². The van der Waals surface area contributed by atoms with Crippen LogP contribution in [-0.4, -0.2) is 10.7 Å². The second-order valence-corrected chi connectivity index (χ2v) is 4.68. The molecular weight excluding hydrogens is 292 g/mol. The number of hydrogen-bond donors (Lipinski definition) is 1. The van der Waals surface area contributed by atoms with Crippen LogP contribution in [0.4, 0.5) is 5.69 Å². The van der Waals surface area contributed by atoms with Gasteiger partial charge in [0.05, 0.1) is 4.92 Å². The van der Waals surface area contributed by atoms with Gasteiger partial charge in [0, 0.05) is 11.6 Å². The monoisotopic (exact) mass is 308 g/mol. The summed E-state index contributed by atoms with van der Waals surface area (Å²) in [6, 6.07) is 14.5. The van der Waals surface area contributed by atoms with E-state index >= 15 is 0 Å². The van der Waals surface area contributed by atoms with Gasteiger partial charge in [-0.05, 0) is 24.9 Å². The number of nitro benzene ring substituents is 1. The van der Waals surface area contributed by atoms with Gasteiger partial charge in [0.25, 0.3) is 5.69 Å². The maximum absolute atomic E-state index is 12.1. The Hall–Kier alpha value is -3.21. The zero-order chi connectivity index (χ0) is 16.5. The molecule has 116 valence electrons. The molecule has 0 aliphatic carbocycles. The fourth-order valence-electron chi connectivity index (χ4n) is 1.98. The first-order chi connectivity index (χ1) is 11.2. The molecule has 5 heteroatoms. The smallest absolute Gasteiger partial charge is 0.280 e. The van der Waals surface area contributed by atoms with Crippen LogP contribution in [0.1, 0.15) is 22.3 Å². The zero-order valence-electron chi connectivity index (χ0n) is 12.4. The summed E-state index contributed by atoms with van der Waals surface area (Å²) in [6.45, 7) is 0. The van der Waals surface area contributed by atoms with Gasteiger partial charge in [-0.1, -0.05) is 54.6 Å². The van der Waals surface area contributed by atoms with Crippen LogP contribution >= 0.6 is 0 Å². The Morgan fingerprint density at radius 1 is 0.957 bits per heavy atom. The number of benzene rings is 2. The van der Waals surface area contributed by atoms with Gasteiger partial charge in [0.15, 0.2) is 5.78 Å². The van der Waals surface area contributed by atoms with E-state index in [-0.39, 0.29) is 17.0 Å². The first-order valence-electron chi connectivity index (χ1n) is 7.09. The number of rotatable bonds is 3. The lowest BCUT2D eigenvalue weighted by Crippen LogP contribution is -2.04. The standard InChI is InChI=1S/C13H9NO3.C5H7N/c15-13(10-6-2-1-3-7-10)11-8-4-5-9-12(11)14(16)17;1-2-4-6-5-3-1/h1-9H;2-6H,1H2. The fourth-order valence-corrected chi connectivity index (χ4v) is 1.98. The van der Waals surface area contributed by atoms with Crippen molar-refractivity contribution in [3.05, 3.63) is 100 Å². The lowest BCUT2D eigenvalue weighted by Gasteiger charge is -2.01. The van der Waals surface area contributed by atoms with Gasteiger partial charge in [-0.2, -0.15) is 0 Å². The van der Waals surface area contributed by atoms with Crippen molar-refractivity contribution in [2.75, 3.05) is 0 Å². The third-order valence-corrected chi connectivity index (χ3v) is 3.08. The van der Waals surface area contributed by atoms with E-state index in [4.69, 9.17) is 0 Å². The number of carbonyl (C=O) groups excluding carboxylic acids is 1. The number of nitro groups is 1. The molecule has 2 aromatic carbocycles. The minimum absolute atomic E-state index is 0.115. The van der Waals surface area contributed by atoms with Gasteiger partial charge in [-0.25, -0.2) is 0 Å². The Balaban J connectivity index is 0.000000268. The quantitative estimate of drug-likeness (QED) is 0.531. The molecule has 1 heterocycles. The molecule has 5 nitrogen and oxygen atoms in total. The lowest BCUT2D eigenvalue weighted by atomic mass is 10.0. The minimum Gasteiger partial charge on any atom is -0.368 e. The van der Waals surface area contributed by atoms with Crippen LogP contribution in [0.2, 0.25) is 0 Å². The highest BCUT2D eigenvalue weighted by Crippen LogP contribution is 2.20. The van der Waals surface area contributed by atoms with Crippen LogP contribution in [0.25, 0.3) is 0 Å². The van der Waals surface area contributed by atoms with Crippen LogP contribution in [-0.2, 0) is 0 Å². The van der Waals surface area contributed by atoms with Crippen LogP contribution in [0, 0.1) is 10.1 Å². The molecule has 0 fully saturated rings. The second-order valence-electron chi connectivity index (χ2n) is 4.68. The van der Waals surface area contributed by atoms with Gasteiger partial charge in [-0.3, -0.25) is 14.9 Å². The van der Waals surface area contributed by atoms with Crippen molar-refractivity contribution in [2.24, 2.45) is 0 Å². The summed E-state index contributed by atoms with van der Waals surface area (Å²) in [5.41, 5.74) is 0.395. The number of nitrogens with zero attached hydrogens (tertiary/aromatic N) is 1. The van der Waals surface area contributed by atoms with Crippen molar-refractivity contribution in [3.8, 4) is 0 Å². The molecule has 0 saturated heterocycles. The maximum Gasteiger partial charge on any atom is 0.280 e. The van der Waals surface area contributed by atoms with Gasteiger partial charge < -0.3 is 5.32 Å². The Bertz CT molecular complexity index is 717. The number of para-hydroxylation sites is 1. The predicted octanol–water partition coefficient (Wildman–Crippen LogP) is 3.83. The molecule has 1 aliphatic heterocycles. The molecule has 0 aromatic heterocycles. The first kappa shape index (κ1) is 16.2. The van der Waals surface area contributed by atoms with E-state index in [0.717, 1.165) is 6.42 Å². The molecule has 2 aromatic rings. The van der Waals surface area contributed by atoms with Crippen molar-refractivity contribution >= 4 is 11.5 Å². The number of ketones is 1. The topological polar surface area (TPSA) is 72.2 Å². The van der Waals surface area contributed by atoms with Crippen LogP contribution in [0.15, 0.2) is 79.1 Å². The maximum atomic E-state index is 12.1. The van der Waals surface area contributed by atoms with Gasteiger partial charge in [0.1, 0.15) is 5.56 Å². The predicted molar refractivity (Wildman–Crippen MR) is 89.0 cm³/mol. The molecular formula is C18H16N2O3. The third kappa shape index (κ3) is 4.64. The summed E-state index contributed by atoms with van der Waals surface area (Å²) in [5, 5.41) is 13.7. The van der Waals surface area contributed by atoms with Crippen molar-refractivity contribution in [2.45, 2.75) is 6.42 Å². The molecule has 3 rings (SSSR count). The normalized spacial score (nSPS) is 11.8. The molecule has 0 atom stereocenters. The molecule has 0 amide bonds. The molecule has 1 N–H and O–H groups in total. The Kier molecular flexibility index (Phi) is 5.82. The average molecular weight is 308 g/mol. The number of allylic oxidation sites excluding steroid dienone is 2. The molecule has 0 unspecified atom stereocenters. The van der Waals surface area contributed by atoms with E-state index in [1.807, 2.05) is 12.4 Å². The van der Waals surface area contributed by atoms with Gasteiger partial charge >= 0.3 is 0 Å². The lowest BCUT2D eigenvalue weighted by molar-refractivity contribution is -0.385. The Labute approximate surface area is 134 Å². The van der Waals surface area contributed by atoms with Crippen LogP contribution in [0.3, 0.4) is 0 Å². The van der Waals surface area contributed by atoms with Gasteiger partial charge in [-0.15, -0.1) is 0 Å². The summed E-state index contributed by atoms with van der Waals surface area (Å²) < 4.78 is 0. The van der Waals surface area contributed by atoms with E-state index in [0.29, 0.717) is 5.56 Å². The molecule has 0 spiro atoms. The molecule has 0 radical (unpaired) electrons. The molecule has 0 saturated carbocycles. The minimum atomic E-state index is -0.545. The number of carbonyl (C=O) groups is 1. The van der Waals surface area contributed by atoms with E-state index in [2.05, 4.69) is 17.5 Å². The average Bonchev–Trinajstić information content (AvgIpc) is 2.64. The summed E-state index contributed by atoms with van der Waals surface area (Å²) in [7, 11) is 0. The highest BCUT2D eigenvalue weighted by atomic mass is 16.6. The van der Waals surface area contributed by atoms with E-state index in [1.54, 1.807) is 42.5 Å². The van der Waals surface area contributed by atoms with Crippen molar-refractivity contribution < 1.29 is 9.72 Å².